The van der Waals surface area contributed by atoms with Gasteiger partial charge in [-0.2, -0.15) is 25.3 Å². The molecule has 32 heavy (non-hydrogen) atoms. The predicted molar refractivity (Wildman–Crippen MR) is 164 cm³/mol. The second-order valence-corrected chi connectivity index (χ2v) is 13.4. The van der Waals surface area contributed by atoms with Gasteiger partial charge in [-0.1, -0.05) is 93.9 Å². The average molecular weight is 637 g/mol. The van der Waals surface area contributed by atoms with Gasteiger partial charge in [0.15, 0.2) is 0 Å². The van der Waals surface area contributed by atoms with Crippen LogP contribution in [0.2, 0.25) is 0 Å². The molecule has 0 spiro atoms. The van der Waals surface area contributed by atoms with Crippen LogP contribution in [-0.4, -0.2) is 22.5 Å². The lowest BCUT2D eigenvalue weighted by Gasteiger charge is -2.46. The molecule has 0 fully saturated rings. The van der Waals surface area contributed by atoms with Crippen LogP contribution >= 0.6 is 75.3 Å². The highest BCUT2D eigenvalue weighted by molar-refractivity contribution is 9.50. The van der Waals surface area contributed by atoms with Crippen molar-refractivity contribution in [2.24, 2.45) is 0 Å². The van der Waals surface area contributed by atoms with E-state index in [1.54, 1.807) is 20.4 Å². The molecule has 0 nitrogen and oxygen atoms in total. The standard InChI is InChI=1S/C26H36Br2S4/c27-31-20-9-7-17-25(30)26(18-8-10-21-32-28,23-14-5-2-6-15-23)24(16-11-19-29)22-12-3-1-4-13-22/h1-6,12-15,24-25,29-30H,7-11,16-21H2. The predicted octanol–water partition coefficient (Wildman–Crippen LogP) is 10.1. The monoisotopic (exact) mass is 634 g/mol. The van der Waals surface area contributed by atoms with E-state index in [4.69, 9.17) is 12.6 Å². The Hall–Kier alpha value is 0.800. The summed E-state index contributed by atoms with van der Waals surface area (Å²) in [4.78, 5) is 0. The lowest BCUT2D eigenvalue weighted by atomic mass is 9.60. The van der Waals surface area contributed by atoms with Gasteiger partial charge >= 0.3 is 0 Å². The number of halogens is 2. The highest BCUT2D eigenvalue weighted by Crippen LogP contribution is 2.51. The van der Waals surface area contributed by atoms with Gasteiger partial charge in [0.2, 0.25) is 0 Å². The van der Waals surface area contributed by atoms with Crippen LogP contribution in [0.15, 0.2) is 60.7 Å². The second kappa shape index (κ2) is 17.3. The largest absolute Gasteiger partial charge is 0.179 e. The number of unbranched alkanes of at least 4 members (excludes halogenated alkanes) is 2. The van der Waals surface area contributed by atoms with Crippen molar-refractivity contribution in [3.63, 3.8) is 0 Å². The van der Waals surface area contributed by atoms with Crippen molar-refractivity contribution in [1.82, 2.24) is 0 Å². The summed E-state index contributed by atoms with van der Waals surface area (Å²) in [7, 11) is 3.53. The third-order valence-electron chi connectivity index (χ3n) is 6.39. The first-order valence-corrected chi connectivity index (χ1v) is 18.4. The second-order valence-electron chi connectivity index (χ2n) is 8.33. The van der Waals surface area contributed by atoms with Gasteiger partial charge in [-0.25, -0.2) is 0 Å². The molecule has 6 heteroatoms. The molecule has 3 unspecified atom stereocenters. The Bertz CT molecular complexity index is 716. The van der Waals surface area contributed by atoms with Gasteiger partial charge in [-0.3, -0.25) is 0 Å². The molecule has 0 aliphatic rings. The Balaban J connectivity index is 2.52. The van der Waals surface area contributed by atoms with Gasteiger partial charge in [-0.15, -0.1) is 0 Å². The van der Waals surface area contributed by atoms with E-state index in [1.807, 2.05) is 0 Å². The fourth-order valence-corrected chi connectivity index (χ4v) is 7.71. The molecular formula is C26H36Br2S4. The number of rotatable bonds is 17. The van der Waals surface area contributed by atoms with Crippen LogP contribution in [0, 0.1) is 0 Å². The molecule has 2 rings (SSSR count). The van der Waals surface area contributed by atoms with E-state index >= 15 is 0 Å². The Kier molecular flexibility index (Phi) is 15.7. The fourth-order valence-electron chi connectivity index (χ4n) is 4.89. The summed E-state index contributed by atoms with van der Waals surface area (Å²) in [5.41, 5.74) is 2.91. The zero-order valence-electron chi connectivity index (χ0n) is 18.7. The molecule has 0 aromatic heterocycles. The maximum atomic E-state index is 5.41. The van der Waals surface area contributed by atoms with Crippen molar-refractivity contribution in [3.8, 4) is 0 Å². The van der Waals surface area contributed by atoms with Crippen LogP contribution in [0.1, 0.15) is 68.4 Å². The quantitative estimate of drug-likeness (QED) is 0.131. The van der Waals surface area contributed by atoms with Crippen LogP contribution in [0.4, 0.5) is 0 Å². The first-order chi connectivity index (χ1) is 15.7. The smallest absolute Gasteiger partial charge is 0.0138 e. The maximum absolute atomic E-state index is 5.41. The first-order valence-electron chi connectivity index (χ1n) is 11.6. The summed E-state index contributed by atoms with van der Waals surface area (Å²) in [5.74, 6) is 3.66. The molecule has 0 saturated heterocycles. The fraction of sp³-hybridized carbons (Fsp3) is 0.538. The van der Waals surface area contributed by atoms with Gasteiger partial charge in [0.05, 0.1) is 0 Å². The van der Waals surface area contributed by atoms with Crippen molar-refractivity contribution >= 4 is 75.3 Å². The summed E-state index contributed by atoms with van der Waals surface area (Å²) in [5, 5.41) is 0.312. The number of hydrogen-bond acceptors (Lipinski definition) is 4. The Morgan fingerprint density at radius 1 is 0.750 bits per heavy atom. The van der Waals surface area contributed by atoms with Crippen molar-refractivity contribution in [3.05, 3.63) is 71.8 Å². The van der Waals surface area contributed by atoms with E-state index in [0.29, 0.717) is 11.2 Å². The van der Waals surface area contributed by atoms with Crippen LogP contribution in [0.5, 0.6) is 0 Å². The third-order valence-corrected chi connectivity index (χ3v) is 10.3. The Morgan fingerprint density at radius 2 is 1.34 bits per heavy atom. The lowest BCUT2D eigenvalue weighted by Crippen LogP contribution is -2.43. The van der Waals surface area contributed by atoms with E-state index < -0.39 is 0 Å². The highest BCUT2D eigenvalue weighted by Gasteiger charge is 2.44. The zero-order chi connectivity index (χ0) is 23.1. The van der Waals surface area contributed by atoms with Crippen LogP contribution < -0.4 is 0 Å². The average Bonchev–Trinajstić information content (AvgIpc) is 2.84. The molecule has 0 saturated carbocycles. The molecule has 0 heterocycles. The van der Waals surface area contributed by atoms with E-state index in [2.05, 4.69) is 103 Å². The van der Waals surface area contributed by atoms with Gasteiger partial charge in [0.1, 0.15) is 0 Å². The molecule has 0 N–H and O–H groups in total. The highest BCUT2D eigenvalue weighted by atomic mass is 79.9. The van der Waals surface area contributed by atoms with E-state index in [9.17, 15) is 0 Å². The molecule has 0 amide bonds. The Morgan fingerprint density at radius 3 is 1.94 bits per heavy atom. The molecule has 178 valence electrons. The van der Waals surface area contributed by atoms with Gasteiger partial charge in [0, 0.05) is 22.2 Å². The van der Waals surface area contributed by atoms with E-state index in [0.717, 1.165) is 42.9 Å². The molecule has 0 radical (unpaired) electrons. The van der Waals surface area contributed by atoms with Crippen LogP contribution in [-0.2, 0) is 5.41 Å². The number of benzene rings is 2. The van der Waals surface area contributed by atoms with Crippen molar-refractivity contribution in [2.75, 3.05) is 17.3 Å². The van der Waals surface area contributed by atoms with Gasteiger partial charge < -0.3 is 0 Å². The number of hydrogen-bond donors (Lipinski definition) is 2. The molecule has 3 atom stereocenters. The van der Waals surface area contributed by atoms with Gasteiger partial charge in [-0.05, 0) is 90.9 Å². The molecule has 2 aromatic rings. The minimum Gasteiger partial charge on any atom is -0.179 e. The van der Waals surface area contributed by atoms with Crippen LogP contribution in [0.25, 0.3) is 0 Å². The van der Waals surface area contributed by atoms with Crippen molar-refractivity contribution in [2.45, 2.75) is 67.9 Å². The summed E-state index contributed by atoms with van der Waals surface area (Å²) in [6, 6.07) is 22.5. The molecular weight excluding hydrogens is 600 g/mol. The molecule has 0 bridgehead atoms. The summed E-state index contributed by atoms with van der Waals surface area (Å²) >= 11 is 17.0. The zero-order valence-corrected chi connectivity index (χ0v) is 25.3. The lowest BCUT2D eigenvalue weighted by molar-refractivity contribution is 0.275. The third kappa shape index (κ3) is 8.78. The van der Waals surface area contributed by atoms with Crippen molar-refractivity contribution < 1.29 is 0 Å². The molecule has 0 aliphatic carbocycles. The van der Waals surface area contributed by atoms with Gasteiger partial charge in [0.25, 0.3) is 0 Å². The van der Waals surface area contributed by atoms with Crippen LogP contribution in [0.3, 0.4) is 0 Å². The normalized spacial score (nSPS) is 15.2. The number of thiol groups is 2. The minimum atomic E-state index is 0.00714. The molecule has 2 aromatic carbocycles. The summed E-state index contributed by atoms with van der Waals surface area (Å²) < 4.78 is 0. The van der Waals surface area contributed by atoms with Crippen molar-refractivity contribution in [1.29, 1.82) is 0 Å². The topological polar surface area (TPSA) is 0 Å². The maximum Gasteiger partial charge on any atom is 0.0138 e. The summed E-state index contributed by atoms with van der Waals surface area (Å²) in [6.07, 6.45) is 9.45. The SMILES string of the molecule is SCCCC(c1ccccc1)C(CCCCSBr)(c1ccccc1)C(S)CCCCSBr. The summed E-state index contributed by atoms with van der Waals surface area (Å²) in [6.45, 7) is 0. The van der Waals surface area contributed by atoms with E-state index in [1.165, 1.54) is 36.8 Å². The van der Waals surface area contributed by atoms with E-state index in [-0.39, 0.29) is 5.41 Å². The minimum absolute atomic E-state index is 0.00714. The Labute approximate surface area is 230 Å². The first kappa shape index (κ1) is 29.0. The molecule has 0 aliphatic heterocycles.